The fourth-order valence-corrected chi connectivity index (χ4v) is 1.22. The largest absolute Gasteiger partial charge is 0.416 e. The van der Waals surface area contributed by atoms with Gasteiger partial charge in [0.2, 0.25) is 0 Å². The van der Waals surface area contributed by atoms with Crippen LogP contribution in [0, 0.1) is 0 Å². The number of hydrogen-bond donors (Lipinski definition) is 2. The van der Waals surface area contributed by atoms with Crippen molar-refractivity contribution in [1.29, 1.82) is 0 Å². The number of halogens is 3. The molecule has 0 bridgehead atoms. The van der Waals surface area contributed by atoms with Crippen molar-refractivity contribution in [2.75, 3.05) is 0 Å². The Morgan fingerprint density at radius 3 is 2.11 bits per heavy atom. The van der Waals surface area contributed by atoms with Crippen LogP contribution < -0.4 is 5.32 Å². The zero-order valence-electron chi connectivity index (χ0n) is 9.95. The van der Waals surface area contributed by atoms with E-state index >= 15 is 0 Å². The Morgan fingerprint density at radius 2 is 1.72 bits per heavy atom. The van der Waals surface area contributed by atoms with Crippen LogP contribution in [-0.2, 0) is 6.18 Å². The van der Waals surface area contributed by atoms with Crippen molar-refractivity contribution >= 4 is 5.91 Å². The number of rotatable bonds is 3. The normalized spacial score (nSPS) is 15.0. The molecule has 0 saturated heterocycles. The third-order valence-corrected chi connectivity index (χ3v) is 2.56. The summed E-state index contributed by atoms with van der Waals surface area (Å²) in [5.41, 5.74) is -0.682. The number of carbonyl (C=O) groups excluding carboxylic acids is 1. The van der Waals surface area contributed by atoms with E-state index in [4.69, 9.17) is 0 Å². The first-order valence-electron chi connectivity index (χ1n) is 5.38. The van der Waals surface area contributed by atoms with E-state index in [2.05, 4.69) is 5.32 Å². The number of nitrogens with one attached hydrogen (secondary N) is 1. The van der Waals surface area contributed by atoms with E-state index < -0.39 is 29.8 Å². The molecule has 0 heterocycles. The highest BCUT2D eigenvalue weighted by molar-refractivity contribution is 5.94. The summed E-state index contributed by atoms with van der Waals surface area (Å²) in [4.78, 5) is 11.6. The fraction of sp³-hybridized carbons (Fsp3) is 0.417. The highest BCUT2D eigenvalue weighted by Gasteiger charge is 2.30. The topological polar surface area (TPSA) is 49.3 Å². The number of aliphatic hydroxyl groups is 1. The van der Waals surface area contributed by atoms with Crippen molar-refractivity contribution in [3.05, 3.63) is 35.4 Å². The molecule has 1 rings (SSSR count). The van der Waals surface area contributed by atoms with Crippen LogP contribution >= 0.6 is 0 Å². The van der Waals surface area contributed by atoms with Crippen molar-refractivity contribution in [3.63, 3.8) is 0 Å². The van der Waals surface area contributed by atoms with Crippen LogP contribution in [0.1, 0.15) is 29.8 Å². The maximum absolute atomic E-state index is 12.3. The average Bonchev–Trinajstić information content (AvgIpc) is 2.27. The summed E-state index contributed by atoms with van der Waals surface area (Å²) in [7, 11) is 0. The molecule has 0 aliphatic rings. The molecular weight excluding hydrogens is 247 g/mol. The van der Waals surface area contributed by atoms with Gasteiger partial charge in [0.25, 0.3) is 5.91 Å². The smallest absolute Gasteiger partial charge is 0.391 e. The number of carbonyl (C=O) groups is 1. The third kappa shape index (κ3) is 3.73. The molecule has 0 spiro atoms. The minimum Gasteiger partial charge on any atom is -0.391 e. The van der Waals surface area contributed by atoms with Crippen LogP contribution in [0.4, 0.5) is 13.2 Å². The Bertz CT molecular complexity index is 412. The number of alkyl halides is 3. The average molecular weight is 261 g/mol. The van der Waals surface area contributed by atoms with E-state index in [1.807, 2.05) is 0 Å². The predicted octanol–water partition coefficient (Wildman–Crippen LogP) is 2.20. The predicted molar refractivity (Wildman–Crippen MR) is 60.1 cm³/mol. The SMILES string of the molecule is CC(O)C(C)NC(=O)c1ccc(C(F)(F)F)cc1. The first-order valence-corrected chi connectivity index (χ1v) is 5.38. The van der Waals surface area contributed by atoms with Crippen molar-refractivity contribution in [1.82, 2.24) is 5.32 Å². The standard InChI is InChI=1S/C12H14F3NO2/c1-7(8(2)17)16-11(18)9-3-5-10(6-4-9)12(13,14)15/h3-8,17H,1-2H3,(H,16,18). The van der Waals surface area contributed by atoms with Crippen LogP contribution in [0.3, 0.4) is 0 Å². The molecule has 100 valence electrons. The molecule has 2 N–H and O–H groups in total. The van der Waals surface area contributed by atoms with Gasteiger partial charge in [0, 0.05) is 5.56 Å². The van der Waals surface area contributed by atoms with E-state index in [1.54, 1.807) is 6.92 Å². The molecule has 0 fully saturated rings. The van der Waals surface area contributed by atoms with Gasteiger partial charge in [-0.15, -0.1) is 0 Å². The quantitative estimate of drug-likeness (QED) is 0.876. The van der Waals surface area contributed by atoms with E-state index in [9.17, 15) is 23.1 Å². The van der Waals surface area contributed by atoms with Gasteiger partial charge < -0.3 is 10.4 Å². The lowest BCUT2D eigenvalue weighted by molar-refractivity contribution is -0.137. The molecule has 0 radical (unpaired) electrons. The lowest BCUT2D eigenvalue weighted by Crippen LogP contribution is -2.39. The van der Waals surface area contributed by atoms with E-state index in [1.165, 1.54) is 6.92 Å². The molecule has 0 aliphatic heterocycles. The maximum atomic E-state index is 12.3. The number of amides is 1. The van der Waals surface area contributed by atoms with Gasteiger partial charge in [-0.1, -0.05) is 0 Å². The van der Waals surface area contributed by atoms with Crippen molar-refractivity contribution < 1.29 is 23.1 Å². The second-order valence-corrected chi connectivity index (χ2v) is 4.08. The van der Waals surface area contributed by atoms with E-state index in [-0.39, 0.29) is 5.56 Å². The Kier molecular flexibility index (Phi) is 4.34. The summed E-state index contributed by atoms with van der Waals surface area (Å²) >= 11 is 0. The molecule has 2 unspecified atom stereocenters. The Morgan fingerprint density at radius 1 is 1.22 bits per heavy atom. The van der Waals surface area contributed by atoms with Gasteiger partial charge in [-0.25, -0.2) is 0 Å². The fourth-order valence-electron chi connectivity index (χ4n) is 1.22. The molecule has 0 saturated carbocycles. The second-order valence-electron chi connectivity index (χ2n) is 4.08. The van der Waals surface area contributed by atoms with Gasteiger partial charge in [-0.05, 0) is 38.1 Å². The highest BCUT2D eigenvalue weighted by Crippen LogP contribution is 2.29. The van der Waals surface area contributed by atoms with E-state index in [0.29, 0.717) is 0 Å². The van der Waals surface area contributed by atoms with Crippen LogP contribution in [-0.4, -0.2) is 23.2 Å². The number of aliphatic hydroxyl groups excluding tert-OH is 1. The Hall–Kier alpha value is -1.56. The summed E-state index contributed by atoms with van der Waals surface area (Å²) in [5.74, 6) is -0.517. The minimum atomic E-state index is -4.41. The van der Waals surface area contributed by atoms with Crippen LogP contribution in [0.15, 0.2) is 24.3 Å². The van der Waals surface area contributed by atoms with Crippen molar-refractivity contribution in [3.8, 4) is 0 Å². The molecule has 0 aromatic heterocycles. The summed E-state index contributed by atoms with van der Waals surface area (Å²) in [6.07, 6.45) is -5.15. The van der Waals surface area contributed by atoms with Gasteiger partial charge in [0.15, 0.2) is 0 Å². The molecule has 1 aromatic carbocycles. The van der Waals surface area contributed by atoms with Gasteiger partial charge in [-0.3, -0.25) is 4.79 Å². The molecule has 0 aliphatic carbocycles. The maximum Gasteiger partial charge on any atom is 0.416 e. The lowest BCUT2D eigenvalue weighted by atomic mass is 10.1. The van der Waals surface area contributed by atoms with E-state index in [0.717, 1.165) is 24.3 Å². The molecule has 3 nitrogen and oxygen atoms in total. The Balaban J connectivity index is 2.77. The summed E-state index contributed by atoms with van der Waals surface area (Å²) in [6, 6.07) is 3.43. The first-order chi connectivity index (χ1) is 8.21. The first kappa shape index (κ1) is 14.5. The van der Waals surface area contributed by atoms with Crippen LogP contribution in [0.25, 0.3) is 0 Å². The molecule has 6 heteroatoms. The Labute approximate surface area is 103 Å². The van der Waals surface area contributed by atoms with Crippen LogP contribution in [0.5, 0.6) is 0 Å². The van der Waals surface area contributed by atoms with Gasteiger partial charge in [0.1, 0.15) is 0 Å². The second kappa shape index (κ2) is 5.39. The van der Waals surface area contributed by atoms with Crippen molar-refractivity contribution in [2.45, 2.75) is 32.2 Å². The zero-order chi connectivity index (χ0) is 13.9. The monoisotopic (exact) mass is 261 g/mol. The summed E-state index contributed by atoms with van der Waals surface area (Å²) in [5, 5.41) is 11.7. The molecule has 18 heavy (non-hydrogen) atoms. The third-order valence-electron chi connectivity index (χ3n) is 2.56. The summed E-state index contributed by atoms with van der Waals surface area (Å²) in [6.45, 7) is 3.12. The zero-order valence-corrected chi connectivity index (χ0v) is 9.95. The molecule has 1 aromatic rings. The highest BCUT2D eigenvalue weighted by atomic mass is 19.4. The van der Waals surface area contributed by atoms with Crippen molar-refractivity contribution in [2.24, 2.45) is 0 Å². The summed E-state index contributed by atoms with van der Waals surface area (Å²) < 4.78 is 36.9. The van der Waals surface area contributed by atoms with Gasteiger partial charge in [0.05, 0.1) is 17.7 Å². The molecular formula is C12H14F3NO2. The van der Waals surface area contributed by atoms with Gasteiger partial charge in [-0.2, -0.15) is 13.2 Å². The number of hydrogen-bond acceptors (Lipinski definition) is 2. The molecule has 1 amide bonds. The van der Waals surface area contributed by atoms with Crippen LogP contribution in [0.2, 0.25) is 0 Å². The lowest BCUT2D eigenvalue weighted by Gasteiger charge is -2.16. The minimum absolute atomic E-state index is 0.121. The number of benzene rings is 1. The van der Waals surface area contributed by atoms with Gasteiger partial charge >= 0.3 is 6.18 Å². The molecule has 2 atom stereocenters.